The molecule has 2 N–H and O–H groups in total. The maximum Gasteiger partial charge on any atom is 0.191 e. The number of guanidine groups is 1. The minimum Gasteiger partial charge on any atom is -0.379 e. The highest BCUT2D eigenvalue weighted by Crippen LogP contribution is 2.20. The first-order valence-corrected chi connectivity index (χ1v) is 5.43. The van der Waals surface area contributed by atoms with Crippen molar-refractivity contribution in [2.45, 2.75) is 33.8 Å². The monoisotopic (exact) mass is 215 g/mol. The van der Waals surface area contributed by atoms with Crippen LogP contribution < -0.4 is 10.6 Å². The molecule has 0 aliphatic carbocycles. The average Bonchev–Trinajstić information content (AvgIpc) is 2.15. The minimum atomic E-state index is 0.132. The number of rotatable bonds is 4. The van der Waals surface area contributed by atoms with Crippen LogP contribution in [0.25, 0.3) is 0 Å². The van der Waals surface area contributed by atoms with E-state index in [-0.39, 0.29) is 11.5 Å². The molecule has 4 nitrogen and oxygen atoms in total. The second-order valence-corrected chi connectivity index (χ2v) is 4.57. The highest BCUT2D eigenvalue weighted by Gasteiger charge is 2.24. The summed E-state index contributed by atoms with van der Waals surface area (Å²) in [6, 6.07) is 0. The maximum absolute atomic E-state index is 5.44. The van der Waals surface area contributed by atoms with E-state index in [4.69, 9.17) is 4.74 Å². The van der Waals surface area contributed by atoms with E-state index in [2.05, 4.69) is 36.4 Å². The highest BCUT2D eigenvalue weighted by molar-refractivity contribution is 5.79. The molecule has 0 amide bonds. The van der Waals surface area contributed by atoms with Crippen molar-refractivity contribution >= 4 is 5.96 Å². The first kappa shape index (κ1) is 14.2. The lowest BCUT2D eigenvalue weighted by molar-refractivity contribution is 0.0205. The molecule has 0 aromatic heterocycles. The van der Waals surface area contributed by atoms with E-state index < -0.39 is 0 Å². The van der Waals surface area contributed by atoms with Crippen LogP contribution in [0.4, 0.5) is 0 Å². The Kier molecular flexibility index (Phi) is 6.32. The van der Waals surface area contributed by atoms with Crippen molar-refractivity contribution < 1.29 is 4.74 Å². The Labute approximate surface area is 93.5 Å². The van der Waals surface area contributed by atoms with Crippen LogP contribution in [0.15, 0.2) is 4.99 Å². The Morgan fingerprint density at radius 1 is 1.33 bits per heavy atom. The normalized spacial score (nSPS) is 14.9. The summed E-state index contributed by atoms with van der Waals surface area (Å²) in [5.41, 5.74) is 0.132. The summed E-state index contributed by atoms with van der Waals surface area (Å²) < 4.78 is 5.44. The molecule has 0 saturated carbocycles. The predicted molar refractivity (Wildman–Crippen MR) is 65.3 cm³/mol. The molecule has 0 aliphatic rings. The molecule has 0 spiro atoms. The molecule has 0 aromatic rings. The molecular weight excluding hydrogens is 190 g/mol. The van der Waals surface area contributed by atoms with Crippen LogP contribution in [-0.2, 0) is 4.74 Å². The van der Waals surface area contributed by atoms with Crippen LogP contribution in [0.3, 0.4) is 0 Å². The molecule has 0 radical (unpaired) electrons. The number of methoxy groups -OCH3 is 1. The lowest BCUT2D eigenvalue weighted by Crippen LogP contribution is -2.45. The molecule has 4 heteroatoms. The van der Waals surface area contributed by atoms with Crippen LogP contribution in [0.5, 0.6) is 0 Å². The van der Waals surface area contributed by atoms with Crippen molar-refractivity contribution in [3.63, 3.8) is 0 Å². The molecule has 0 saturated heterocycles. The molecule has 1 unspecified atom stereocenters. The molecule has 0 fully saturated rings. The van der Waals surface area contributed by atoms with Gasteiger partial charge in [-0.25, -0.2) is 0 Å². The average molecular weight is 215 g/mol. The van der Waals surface area contributed by atoms with Gasteiger partial charge in [0.2, 0.25) is 0 Å². The number of nitrogens with one attached hydrogen (secondary N) is 2. The van der Waals surface area contributed by atoms with E-state index in [1.165, 1.54) is 0 Å². The zero-order chi connectivity index (χ0) is 11.9. The number of hydrogen-bond acceptors (Lipinski definition) is 2. The van der Waals surface area contributed by atoms with Crippen LogP contribution >= 0.6 is 0 Å². The standard InChI is InChI=1S/C11H25N3O/c1-7-13-10(12-5)14-8-9(15-6)11(2,3)4/h9H,7-8H2,1-6H3,(H2,12,13,14). The fraction of sp³-hybridized carbons (Fsp3) is 0.909. The van der Waals surface area contributed by atoms with Gasteiger partial charge in [-0.3, -0.25) is 4.99 Å². The molecule has 1 atom stereocenters. The van der Waals surface area contributed by atoms with Gasteiger partial charge in [-0.05, 0) is 12.3 Å². The molecule has 0 aromatic carbocycles. The Morgan fingerprint density at radius 2 is 1.93 bits per heavy atom. The van der Waals surface area contributed by atoms with Gasteiger partial charge in [0.15, 0.2) is 5.96 Å². The first-order valence-electron chi connectivity index (χ1n) is 5.43. The Bertz CT molecular complexity index is 196. The van der Waals surface area contributed by atoms with Gasteiger partial charge in [0.25, 0.3) is 0 Å². The van der Waals surface area contributed by atoms with Gasteiger partial charge in [0, 0.05) is 27.2 Å². The van der Waals surface area contributed by atoms with E-state index >= 15 is 0 Å². The fourth-order valence-corrected chi connectivity index (χ4v) is 1.32. The van der Waals surface area contributed by atoms with Gasteiger partial charge < -0.3 is 15.4 Å². The minimum absolute atomic E-state index is 0.132. The third kappa shape index (κ3) is 5.62. The largest absolute Gasteiger partial charge is 0.379 e. The third-order valence-electron chi connectivity index (χ3n) is 2.27. The fourth-order valence-electron chi connectivity index (χ4n) is 1.32. The molecule has 15 heavy (non-hydrogen) atoms. The molecule has 0 aliphatic heterocycles. The van der Waals surface area contributed by atoms with E-state index in [0.29, 0.717) is 0 Å². The SMILES string of the molecule is CCNC(=NC)NCC(OC)C(C)(C)C. The van der Waals surface area contributed by atoms with Crippen molar-refractivity contribution in [1.29, 1.82) is 0 Å². The van der Waals surface area contributed by atoms with Gasteiger partial charge >= 0.3 is 0 Å². The summed E-state index contributed by atoms with van der Waals surface area (Å²) >= 11 is 0. The molecule has 0 heterocycles. The molecule has 0 bridgehead atoms. The van der Waals surface area contributed by atoms with Gasteiger partial charge in [0.05, 0.1) is 6.10 Å². The van der Waals surface area contributed by atoms with E-state index in [1.54, 1.807) is 14.2 Å². The smallest absolute Gasteiger partial charge is 0.191 e. The van der Waals surface area contributed by atoms with Crippen LogP contribution in [0.1, 0.15) is 27.7 Å². The second-order valence-electron chi connectivity index (χ2n) is 4.57. The van der Waals surface area contributed by atoms with Crippen molar-refractivity contribution in [3.05, 3.63) is 0 Å². The summed E-state index contributed by atoms with van der Waals surface area (Å²) in [5, 5.41) is 6.39. The molecular formula is C11H25N3O. The highest BCUT2D eigenvalue weighted by atomic mass is 16.5. The molecule has 90 valence electrons. The molecule has 0 rings (SSSR count). The first-order chi connectivity index (χ1) is 6.95. The van der Waals surface area contributed by atoms with E-state index in [9.17, 15) is 0 Å². The quantitative estimate of drug-likeness (QED) is 0.548. The Balaban J connectivity index is 4.11. The van der Waals surface area contributed by atoms with Crippen LogP contribution in [-0.4, -0.2) is 39.3 Å². The lowest BCUT2D eigenvalue weighted by Gasteiger charge is -2.29. The van der Waals surface area contributed by atoms with Gasteiger partial charge in [-0.2, -0.15) is 0 Å². The number of ether oxygens (including phenoxy) is 1. The zero-order valence-electron chi connectivity index (χ0n) is 10.8. The van der Waals surface area contributed by atoms with Gasteiger partial charge in [-0.1, -0.05) is 20.8 Å². The van der Waals surface area contributed by atoms with Gasteiger partial charge in [0.1, 0.15) is 0 Å². The van der Waals surface area contributed by atoms with Crippen molar-refractivity contribution in [1.82, 2.24) is 10.6 Å². The summed E-state index contributed by atoms with van der Waals surface area (Å²) in [7, 11) is 3.51. The Morgan fingerprint density at radius 3 is 2.27 bits per heavy atom. The third-order valence-corrected chi connectivity index (χ3v) is 2.27. The van der Waals surface area contributed by atoms with E-state index in [1.807, 2.05) is 6.92 Å². The second kappa shape index (κ2) is 6.67. The van der Waals surface area contributed by atoms with Crippen LogP contribution in [0, 0.1) is 5.41 Å². The lowest BCUT2D eigenvalue weighted by atomic mass is 9.89. The summed E-state index contributed by atoms with van der Waals surface area (Å²) in [6.07, 6.45) is 0.174. The number of hydrogen-bond donors (Lipinski definition) is 2. The predicted octanol–water partition coefficient (Wildman–Crippen LogP) is 1.23. The van der Waals surface area contributed by atoms with Crippen LogP contribution in [0.2, 0.25) is 0 Å². The van der Waals surface area contributed by atoms with Gasteiger partial charge in [-0.15, -0.1) is 0 Å². The van der Waals surface area contributed by atoms with Crippen molar-refractivity contribution in [2.24, 2.45) is 10.4 Å². The summed E-state index contributed by atoms with van der Waals surface area (Å²) in [5.74, 6) is 0.823. The topological polar surface area (TPSA) is 45.7 Å². The zero-order valence-corrected chi connectivity index (χ0v) is 10.8. The van der Waals surface area contributed by atoms with Crippen molar-refractivity contribution in [3.8, 4) is 0 Å². The Hall–Kier alpha value is -0.770. The summed E-state index contributed by atoms with van der Waals surface area (Å²) in [4.78, 5) is 4.10. The maximum atomic E-state index is 5.44. The summed E-state index contributed by atoms with van der Waals surface area (Å²) in [6.45, 7) is 10.2. The van der Waals surface area contributed by atoms with Crippen molar-refractivity contribution in [2.75, 3.05) is 27.2 Å². The number of aliphatic imine (C=N–C) groups is 1. The van der Waals surface area contributed by atoms with E-state index in [0.717, 1.165) is 19.0 Å². The number of nitrogens with zero attached hydrogens (tertiary/aromatic N) is 1.